The highest BCUT2D eigenvalue weighted by molar-refractivity contribution is 8.18. The lowest BCUT2D eigenvalue weighted by Crippen LogP contribution is -2.13. The number of hydrogen-bond donors (Lipinski definition) is 1. The Morgan fingerprint density at radius 2 is 2.21 bits per heavy atom. The first-order valence-electron chi connectivity index (χ1n) is 4.10. The summed E-state index contributed by atoms with van der Waals surface area (Å²) in [5.41, 5.74) is -0.00577. The second-order valence-electron chi connectivity index (χ2n) is 3.71. The Kier molecular flexibility index (Phi) is 3.84. The minimum Gasteiger partial charge on any atom is -0.262 e. The van der Waals surface area contributed by atoms with Crippen LogP contribution in [0.4, 0.5) is 0 Å². The van der Waals surface area contributed by atoms with Gasteiger partial charge in [-0.15, -0.1) is 5.10 Å². The van der Waals surface area contributed by atoms with Gasteiger partial charge in [0.2, 0.25) is 5.16 Å². The third-order valence-corrected chi connectivity index (χ3v) is 3.00. The molecule has 0 unspecified atom stereocenters. The number of thioether (sulfide) groups is 2. The van der Waals surface area contributed by atoms with Gasteiger partial charge in [0.15, 0.2) is 0 Å². The molecule has 0 aliphatic carbocycles. The van der Waals surface area contributed by atoms with Gasteiger partial charge in [0.25, 0.3) is 0 Å². The summed E-state index contributed by atoms with van der Waals surface area (Å²) in [7, 11) is 0. The monoisotopic (exact) mass is 228 g/mol. The summed E-state index contributed by atoms with van der Waals surface area (Å²) < 4.78 is 0. The van der Waals surface area contributed by atoms with Crippen LogP contribution in [0.2, 0.25) is 0 Å². The van der Waals surface area contributed by atoms with Crippen molar-refractivity contribution in [2.45, 2.75) is 31.3 Å². The number of nitriles is 1. The van der Waals surface area contributed by atoms with E-state index in [2.05, 4.69) is 36.0 Å². The third-order valence-electron chi connectivity index (χ3n) is 1.49. The maximum atomic E-state index is 8.33. The number of aromatic nitrogens is 3. The molecule has 0 aromatic carbocycles. The van der Waals surface area contributed by atoms with E-state index in [0.29, 0.717) is 10.2 Å². The van der Waals surface area contributed by atoms with E-state index in [0.717, 1.165) is 5.82 Å². The number of nitrogens with one attached hydrogen (secondary N) is 1. The van der Waals surface area contributed by atoms with Gasteiger partial charge in [-0.05, 0) is 11.8 Å². The topological polar surface area (TPSA) is 65.4 Å². The molecule has 0 fully saturated rings. The number of rotatable bonds is 3. The second kappa shape index (κ2) is 4.71. The predicted octanol–water partition coefficient (Wildman–Crippen LogP) is 2.37. The molecule has 0 spiro atoms. The normalized spacial score (nSPS) is 11.3. The molecule has 1 aromatic rings. The standard InChI is InChI=1S/C8H12N4S2/c1-8(2,3)6-10-7(12-11-6)14-5-13-4-9/h5H2,1-3H3,(H,10,11,12). The van der Waals surface area contributed by atoms with Gasteiger partial charge in [0, 0.05) is 5.41 Å². The lowest BCUT2D eigenvalue weighted by atomic mass is 9.96. The minimum atomic E-state index is -0.00577. The first kappa shape index (κ1) is 11.4. The molecule has 4 nitrogen and oxygen atoms in total. The van der Waals surface area contributed by atoms with Gasteiger partial charge in [-0.25, -0.2) is 4.98 Å². The summed E-state index contributed by atoms with van der Waals surface area (Å²) in [6.45, 7) is 6.23. The molecule has 0 aliphatic heterocycles. The van der Waals surface area contributed by atoms with Crippen LogP contribution >= 0.6 is 23.5 Å². The van der Waals surface area contributed by atoms with Gasteiger partial charge in [0.05, 0.1) is 5.08 Å². The third kappa shape index (κ3) is 3.24. The van der Waals surface area contributed by atoms with Gasteiger partial charge >= 0.3 is 0 Å². The Bertz CT molecular complexity index is 334. The zero-order chi connectivity index (χ0) is 10.6. The van der Waals surface area contributed by atoms with Gasteiger partial charge in [-0.3, -0.25) is 5.10 Å². The van der Waals surface area contributed by atoms with E-state index in [4.69, 9.17) is 5.26 Å². The summed E-state index contributed by atoms with van der Waals surface area (Å²) in [5, 5.41) is 18.7. The lowest BCUT2D eigenvalue weighted by Gasteiger charge is -2.12. The number of aromatic amines is 1. The number of thiocyanates is 1. The van der Waals surface area contributed by atoms with Crippen molar-refractivity contribution < 1.29 is 0 Å². The van der Waals surface area contributed by atoms with Gasteiger partial charge in [-0.2, -0.15) is 5.26 Å². The van der Waals surface area contributed by atoms with Crippen LogP contribution in [0.1, 0.15) is 26.6 Å². The molecule has 6 heteroatoms. The van der Waals surface area contributed by atoms with Crippen LogP contribution in [-0.2, 0) is 5.41 Å². The predicted molar refractivity (Wildman–Crippen MR) is 59.0 cm³/mol. The van der Waals surface area contributed by atoms with Crippen LogP contribution in [0.3, 0.4) is 0 Å². The molecule has 0 radical (unpaired) electrons. The molecule has 1 N–H and O–H groups in total. The Balaban J connectivity index is 2.57. The number of H-pyrrole nitrogens is 1. The summed E-state index contributed by atoms with van der Waals surface area (Å²) in [5.74, 6) is 0.877. The molecule has 0 aliphatic rings. The second-order valence-corrected chi connectivity index (χ2v) is 5.78. The number of nitrogens with zero attached hydrogens (tertiary/aromatic N) is 3. The Morgan fingerprint density at radius 3 is 2.71 bits per heavy atom. The van der Waals surface area contributed by atoms with Crippen LogP contribution in [0.5, 0.6) is 0 Å². The van der Waals surface area contributed by atoms with Crippen LogP contribution < -0.4 is 0 Å². The summed E-state index contributed by atoms with van der Waals surface area (Å²) in [4.78, 5) is 4.33. The number of hydrogen-bond acceptors (Lipinski definition) is 5. The van der Waals surface area contributed by atoms with E-state index in [-0.39, 0.29) is 5.41 Å². The average Bonchev–Trinajstić information content (AvgIpc) is 2.52. The minimum absolute atomic E-state index is 0.00577. The fourth-order valence-electron chi connectivity index (χ4n) is 0.755. The summed E-state index contributed by atoms with van der Waals surface area (Å²) >= 11 is 2.66. The molecule has 0 atom stereocenters. The van der Waals surface area contributed by atoms with Crippen molar-refractivity contribution in [1.29, 1.82) is 5.26 Å². The van der Waals surface area contributed by atoms with E-state index in [1.807, 2.05) is 5.40 Å². The maximum absolute atomic E-state index is 8.33. The average molecular weight is 228 g/mol. The largest absolute Gasteiger partial charge is 0.262 e. The van der Waals surface area contributed by atoms with Crippen molar-refractivity contribution >= 4 is 23.5 Å². The summed E-state index contributed by atoms with van der Waals surface area (Å²) in [6, 6.07) is 0. The highest BCUT2D eigenvalue weighted by Crippen LogP contribution is 2.22. The first-order chi connectivity index (χ1) is 6.54. The van der Waals surface area contributed by atoms with Crippen LogP contribution in [0.15, 0.2) is 5.16 Å². The lowest BCUT2D eigenvalue weighted by molar-refractivity contribution is 0.547. The molecule has 14 heavy (non-hydrogen) atoms. The van der Waals surface area contributed by atoms with Crippen LogP contribution in [-0.4, -0.2) is 20.3 Å². The van der Waals surface area contributed by atoms with Crippen LogP contribution in [0.25, 0.3) is 0 Å². The SMILES string of the molecule is CC(C)(C)c1nc(SCSC#N)n[nH]1. The molecule has 1 rings (SSSR count). The molecule has 0 amide bonds. The van der Waals surface area contributed by atoms with Crippen molar-refractivity contribution in [1.82, 2.24) is 15.2 Å². The van der Waals surface area contributed by atoms with Gasteiger partial charge < -0.3 is 0 Å². The zero-order valence-corrected chi connectivity index (χ0v) is 10.00. The fraction of sp³-hybridized carbons (Fsp3) is 0.625. The molecule has 1 heterocycles. The molecule has 0 bridgehead atoms. The van der Waals surface area contributed by atoms with Gasteiger partial charge in [-0.1, -0.05) is 32.5 Å². The Labute approximate surface area is 91.9 Å². The van der Waals surface area contributed by atoms with E-state index >= 15 is 0 Å². The molecule has 0 saturated heterocycles. The molecular weight excluding hydrogens is 216 g/mol. The molecule has 76 valence electrons. The zero-order valence-electron chi connectivity index (χ0n) is 8.37. The first-order valence-corrected chi connectivity index (χ1v) is 6.07. The van der Waals surface area contributed by atoms with Crippen molar-refractivity contribution in [3.05, 3.63) is 5.82 Å². The van der Waals surface area contributed by atoms with Crippen molar-refractivity contribution in [3.63, 3.8) is 0 Å². The quantitative estimate of drug-likeness (QED) is 0.372. The van der Waals surface area contributed by atoms with E-state index in [1.54, 1.807) is 0 Å². The van der Waals surface area contributed by atoms with Crippen molar-refractivity contribution in [2.24, 2.45) is 0 Å². The van der Waals surface area contributed by atoms with Crippen molar-refractivity contribution in [2.75, 3.05) is 5.08 Å². The fourth-order valence-corrected chi connectivity index (χ4v) is 1.89. The molecule has 0 saturated carbocycles. The highest BCUT2D eigenvalue weighted by Gasteiger charge is 2.18. The van der Waals surface area contributed by atoms with Crippen LogP contribution in [0, 0.1) is 10.7 Å². The summed E-state index contributed by atoms with van der Waals surface area (Å²) in [6.07, 6.45) is 0. The smallest absolute Gasteiger partial charge is 0.209 e. The maximum Gasteiger partial charge on any atom is 0.209 e. The van der Waals surface area contributed by atoms with Gasteiger partial charge in [0.1, 0.15) is 11.2 Å². The Morgan fingerprint density at radius 1 is 1.50 bits per heavy atom. The highest BCUT2D eigenvalue weighted by atomic mass is 32.2. The van der Waals surface area contributed by atoms with E-state index in [1.165, 1.54) is 23.5 Å². The van der Waals surface area contributed by atoms with Crippen molar-refractivity contribution in [3.8, 4) is 5.40 Å². The Hall–Kier alpha value is -0.670. The van der Waals surface area contributed by atoms with E-state index in [9.17, 15) is 0 Å². The molecule has 1 aromatic heterocycles. The molecular formula is C8H12N4S2. The van der Waals surface area contributed by atoms with E-state index < -0.39 is 0 Å².